The molecule has 0 bridgehead atoms. The second-order valence-electron chi connectivity index (χ2n) is 6.24. The lowest BCUT2D eigenvalue weighted by atomic mass is 10.1. The molecule has 1 aromatic heterocycles. The third-order valence-corrected chi connectivity index (χ3v) is 3.95. The van der Waals surface area contributed by atoms with Crippen LogP contribution in [0.25, 0.3) is 0 Å². The van der Waals surface area contributed by atoms with Gasteiger partial charge >= 0.3 is 0 Å². The second kappa shape index (κ2) is 8.72. The van der Waals surface area contributed by atoms with Gasteiger partial charge in [0.1, 0.15) is 0 Å². The summed E-state index contributed by atoms with van der Waals surface area (Å²) < 4.78 is 0. The number of nitrogens with zero attached hydrogens (tertiary/aromatic N) is 1. The topological polar surface area (TPSA) is 15.3 Å². The molecule has 110 valence electrons. The average Bonchev–Trinajstić information content (AvgIpc) is 2.68. The molecule has 0 fully saturated rings. The molecule has 0 atom stereocenters. The van der Waals surface area contributed by atoms with Crippen LogP contribution in [0.3, 0.4) is 0 Å². The average molecular weight is 282 g/mol. The van der Waals surface area contributed by atoms with Crippen molar-refractivity contribution in [3.8, 4) is 0 Å². The fourth-order valence-corrected chi connectivity index (χ4v) is 3.18. The summed E-state index contributed by atoms with van der Waals surface area (Å²) in [5.41, 5.74) is 0. The second-order valence-corrected chi connectivity index (χ2v) is 7.61. The lowest BCUT2D eigenvalue weighted by Crippen LogP contribution is -2.36. The van der Waals surface area contributed by atoms with Crippen LogP contribution < -0.4 is 5.32 Å². The fourth-order valence-electron chi connectivity index (χ4n) is 2.32. The molecule has 0 aliphatic carbocycles. The number of aryl methyl sites for hydroxylation is 1. The molecule has 0 aliphatic rings. The highest BCUT2D eigenvalue weighted by atomic mass is 32.1. The summed E-state index contributed by atoms with van der Waals surface area (Å²) >= 11 is 1.89. The first kappa shape index (κ1) is 16.7. The van der Waals surface area contributed by atoms with E-state index in [1.807, 2.05) is 11.3 Å². The van der Waals surface area contributed by atoms with Crippen molar-refractivity contribution >= 4 is 11.3 Å². The van der Waals surface area contributed by atoms with Crippen molar-refractivity contribution < 1.29 is 0 Å². The molecule has 0 aromatic carbocycles. The zero-order valence-electron chi connectivity index (χ0n) is 13.2. The zero-order chi connectivity index (χ0) is 14.3. The summed E-state index contributed by atoms with van der Waals surface area (Å²) in [5, 5.41) is 3.56. The minimum atomic E-state index is 0.749. The lowest BCUT2D eigenvalue weighted by Gasteiger charge is -2.26. The monoisotopic (exact) mass is 282 g/mol. The standard InChI is InChI=1S/C16H30N2S/c1-13(2)11-18(12-14(3)4)9-8-17-10-16-7-6-15(5)19-16/h6-7,13-14,17H,8-12H2,1-5H3. The van der Waals surface area contributed by atoms with Crippen molar-refractivity contribution in [2.24, 2.45) is 11.8 Å². The van der Waals surface area contributed by atoms with Gasteiger partial charge in [0.15, 0.2) is 0 Å². The number of hydrogen-bond acceptors (Lipinski definition) is 3. The van der Waals surface area contributed by atoms with Crippen molar-refractivity contribution in [1.82, 2.24) is 10.2 Å². The van der Waals surface area contributed by atoms with Gasteiger partial charge in [0.25, 0.3) is 0 Å². The largest absolute Gasteiger partial charge is 0.311 e. The molecule has 0 aliphatic heterocycles. The molecule has 0 saturated carbocycles. The van der Waals surface area contributed by atoms with Gasteiger partial charge < -0.3 is 10.2 Å². The Bertz CT molecular complexity index is 334. The van der Waals surface area contributed by atoms with E-state index in [4.69, 9.17) is 0 Å². The predicted molar refractivity (Wildman–Crippen MR) is 86.9 cm³/mol. The molecule has 0 unspecified atom stereocenters. The van der Waals surface area contributed by atoms with Gasteiger partial charge in [0.2, 0.25) is 0 Å². The molecule has 0 radical (unpaired) electrons. The Hall–Kier alpha value is -0.380. The van der Waals surface area contributed by atoms with E-state index in [1.165, 1.54) is 22.8 Å². The third kappa shape index (κ3) is 7.71. The van der Waals surface area contributed by atoms with E-state index in [0.717, 1.165) is 31.5 Å². The molecule has 1 rings (SSSR count). The Morgan fingerprint density at radius 3 is 2.21 bits per heavy atom. The Morgan fingerprint density at radius 2 is 1.74 bits per heavy atom. The maximum atomic E-state index is 3.56. The van der Waals surface area contributed by atoms with Crippen molar-refractivity contribution in [2.45, 2.75) is 41.2 Å². The van der Waals surface area contributed by atoms with Crippen LogP contribution in [0.15, 0.2) is 12.1 Å². The Kier molecular flexibility index (Phi) is 7.66. The zero-order valence-corrected chi connectivity index (χ0v) is 14.0. The summed E-state index contributed by atoms with van der Waals surface area (Å²) in [7, 11) is 0. The summed E-state index contributed by atoms with van der Waals surface area (Å²) in [6, 6.07) is 4.43. The summed E-state index contributed by atoms with van der Waals surface area (Å²) in [6.07, 6.45) is 0. The summed E-state index contributed by atoms with van der Waals surface area (Å²) in [4.78, 5) is 5.43. The molecule has 1 N–H and O–H groups in total. The van der Waals surface area contributed by atoms with E-state index in [-0.39, 0.29) is 0 Å². The first-order valence-electron chi connectivity index (χ1n) is 7.45. The fraction of sp³-hybridized carbons (Fsp3) is 0.750. The summed E-state index contributed by atoms with van der Waals surface area (Å²) in [6.45, 7) is 17.0. The van der Waals surface area contributed by atoms with Gasteiger partial charge in [-0.15, -0.1) is 11.3 Å². The molecule has 3 heteroatoms. The van der Waals surface area contributed by atoms with Crippen LogP contribution >= 0.6 is 11.3 Å². The Balaban J connectivity index is 2.23. The van der Waals surface area contributed by atoms with E-state index in [0.29, 0.717) is 0 Å². The Labute approximate surface area is 123 Å². The van der Waals surface area contributed by atoms with Crippen LogP contribution in [0, 0.1) is 18.8 Å². The molecule has 19 heavy (non-hydrogen) atoms. The highest BCUT2D eigenvalue weighted by molar-refractivity contribution is 7.11. The van der Waals surface area contributed by atoms with E-state index in [2.05, 4.69) is 57.0 Å². The molecule has 0 saturated heterocycles. The maximum absolute atomic E-state index is 3.56. The van der Waals surface area contributed by atoms with E-state index < -0.39 is 0 Å². The van der Waals surface area contributed by atoms with Crippen LogP contribution in [0.4, 0.5) is 0 Å². The van der Waals surface area contributed by atoms with Gasteiger partial charge in [-0.1, -0.05) is 27.7 Å². The summed E-state index contributed by atoms with van der Waals surface area (Å²) in [5.74, 6) is 1.50. The van der Waals surface area contributed by atoms with Crippen molar-refractivity contribution in [3.63, 3.8) is 0 Å². The van der Waals surface area contributed by atoms with E-state index >= 15 is 0 Å². The van der Waals surface area contributed by atoms with Gasteiger partial charge in [-0.2, -0.15) is 0 Å². The maximum Gasteiger partial charge on any atom is 0.0300 e. The van der Waals surface area contributed by atoms with Crippen molar-refractivity contribution in [3.05, 3.63) is 21.9 Å². The predicted octanol–water partition coefficient (Wildman–Crippen LogP) is 3.76. The van der Waals surface area contributed by atoms with Gasteiger partial charge in [0, 0.05) is 42.5 Å². The van der Waals surface area contributed by atoms with E-state index in [1.54, 1.807) is 0 Å². The highest BCUT2D eigenvalue weighted by Crippen LogP contribution is 2.14. The van der Waals surface area contributed by atoms with Crippen LogP contribution in [-0.2, 0) is 6.54 Å². The molecule has 1 heterocycles. The van der Waals surface area contributed by atoms with Gasteiger partial charge in [-0.25, -0.2) is 0 Å². The first-order chi connectivity index (χ1) is 8.97. The van der Waals surface area contributed by atoms with Gasteiger partial charge in [-0.3, -0.25) is 0 Å². The smallest absolute Gasteiger partial charge is 0.0300 e. The quantitative estimate of drug-likeness (QED) is 0.694. The van der Waals surface area contributed by atoms with Crippen LogP contribution in [0.5, 0.6) is 0 Å². The molecule has 0 amide bonds. The molecule has 0 spiro atoms. The van der Waals surface area contributed by atoms with Crippen LogP contribution in [0.2, 0.25) is 0 Å². The SMILES string of the molecule is Cc1ccc(CNCCN(CC(C)C)CC(C)C)s1. The molecular formula is C16H30N2S. The van der Waals surface area contributed by atoms with Crippen LogP contribution in [-0.4, -0.2) is 31.1 Å². The number of rotatable bonds is 9. The minimum absolute atomic E-state index is 0.749. The van der Waals surface area contributed by atoms with Crippen molar-refractivity contribution in [2.75, 3.05) is 26.2 Å². The lowest BCUT2D eigenvalue weighted by molar-refractivity contribution is 0.219. The molecule has 2 nitrogen and oxygen atoms in total. The first-order valence-corrected chi connectivity index (χ1v) is 8.27. The normalized spacial score (nSPS) is 12.0. The van der Waals surface area contributed by atoms with Gasteiger partial charge in [0.05, 0.1) is 0 Å². The van der Waals surface area contributed by atoms with Crippen LogP contribution in [0.1, 0.15) is 37.4 Å². The minimum Gasteiger partial charge on any atom is -0.311 e. The molecule has 1 aromatic rings. The molecular weight excluding hydrogens is 252 g/mol. The third-order valence-electron chi connectivity index (χ3n) is 2.95. The Morgan fingerprint density at radius 1 is 1.11 bits per heavy atom. The number of thiophene rings is 1. The number of hydrogen-bond donors (Lipinski definition) is 1. The number of nitrogens with one attached hydrogen (secondary N) is 1. The van der Waals surface area contributed by atoms with Gasteiger partial charge in [-0.05, 0) is 30.9 Å². The van der Waals surface area contributed by atoms with E-state index in [9.17, 15) is 0 Å². The highest BCUT2D eigenvalue weighted by Gasteiger charge is 2.08. The van der Waals surface area contributed by atoms with Crippen molar-refractivity contribution in [1.29, 1.82) is 0 Å².